The molecule has 0 bridgehead atoms. The summed E-state index contributed by atoms with van der Waals surface area (Å²) in [5.74, 6) is 0. The molecule has 0 spiro atoms. The molecule has 0 saturated carbocycles. The van der Waals surface area contributed by atoms with Crippen LogP contribution in [0.15, 0.2) is 22.7 Å². The summed E-state index contributed by atoms with van der Waals surface area (Å²) in [5, 5.41) is 0. The molecule has 116 valence electrons. The normalized spacial score (nSPS) is 23.7. The zero-order valence-corrected chi connectivity index (χ0v) is 14.3. The lowest BCUT2D eigenvalue weighted by atomic mass is 10.1. The summed E-state index contributed by atoms with van der Waals surface area (Å²) in [7, 11) is 0. The Hall–Kier alpha value is -0.580. The van der Waals surface area contributed by atoms with Gasteiger partial charge in [0.1, 0.15) is 0 Å². The van der Waals surface area contributed by atoms with Crippen molar-refractivity contribution in [3.8, 4) is 0 Å². The maximum absolute atomic E-state index is 5.65. The fourth-order valence-electron chi connectivity index (χ4n) is 3.65. The van der Waals surface area contributed by atoms with Crippen LogP contribution < -0.4 is 10.6 Å². The molecule has 3 nitrogen and oxygen atoms in total. The van der Waals surface area contributed by atoms with E-state index in [4.69, 9.17) is 5.73 Å². The molecule has 1 unspecified atom stereocenters. The Morgan fingerprint density at radius 3 is 2.67 bits per heavy atom. The average Bonchev–Trinajstić information content (AvgIpc) is 3.00. The first-order chi connectivity index (χ1) is 10.3. The van der Waals surface area contributed by atoms with Crippen molar-refractivity contribution in [3.05, 3.63) is 28.2 Å². The second-order valence-corrected chi connectivity index (χ2v) is 7.15. The number of rotatable bonds is 4. The molecule has 2 heterocycles. The number of halogens is 1. The standard InChI is InChI=1S/C17H26BrN3/c18-17-12-15(5-4-14(17)6-8-19)21-11-7-16(13-21)20-9-2-1-3-10-20/h4-5,12,16H,1-3,6-11,13,19H2. The van der Waals surface area contributed by atoms with Gasteiger partial charge in [-0.15, -0.1) is 0 Å². The van der Waals surface area contributed by atoms with E-state index >= 15 is 0 Å². The molecule has 0 radical (unpaired) electrons. The quantitative estimate of drug-likeness (QED) is 0.904. The highest BCUT2D eigenvalue weighted by Gasteiger charge is 2.28. The van der Waals surface area contributed by atoms with Crippen LogP contribution in [0.2, 0.25) is 0 Å². The number of nitrogens with zero attached hydrogens (tertiary/aromatic N) is 2. The lowest BCUT2D eigenvalue weighted by Gasteiger charge is -2.32. The van der Waals surface area contributed by atoms with Gasteiger partial charge in [0.25, 0.3) is 0 Å². The van der Waals surface area contributed by atoms with Crippen LogP contribution in [0.25, 0.3) is 0 Å². The smallest absolute Gasteiger partial charge is 0.0378 e. The van der Waals surface area contributed by atoms with Gasteiger partial charge in [0, 0.05) is 29.3 Å². The number of hydrogen-bond acceptors (Lipinski definition) is 3. The van der Waals surface area contributed by atoms with Gasteiger partial charge in [-0.1, -0.05) is 28.4 Å². The minimum Gasteiger partial charge on any atom is -0.370 e. The van der Waals surface area contributed by atoms with Gasteiger partial charge in [-0.25, -0.2) is 0 Å². The van der Waals surface area contributed by atoms with E-state index in [9.17, 15) is 0 Å². The van der Waals surface area contributed by atoms with Crippen molar-refractivity contribution in [1.82, 2.24) is 4.90 Å². The van der Waals surface area contributed by atoms with Crippen molar-refractivity contribution in [2.45, 2.75) is 38.1 Å². The van der Waals surface area contributed by atoms with E-state index in [1.807, 2.05) is 0 Å². The van der Waals surface area contributed by atoms with Crippen molar-refractivity contribution < 1.29 is 0 Å². The molecule has 2 aliphatic heterocycles. The van der Waals surface area contributed by atoms with Crippen LogP contribution >= 0.6 is 15.9 Å². The van der Waals surface area contributed by atoms with Gasteiger partial charge in [0.05, 0.1) is 0 Å². The Kier molecular flexibility index (Phi) is 5.19. The highest BCUT2D eigenvalue weighted by molar-refractivity contribution is 9.10. The second kappa shape index (κ2) is 7.12. The zero-order valence-electron chi connectivity index (χ0n) is 12.7. The van der Waals surface area contributed by atoms with Gasteiger partial charge in [-0.05, 0) is 63.0 Å². The van der Waals surface area contributed by atoms with E-state index in [2.05, 4.69) is 43.9 Å². The van der Waals surface area contributed by atoms with Gasteiger partial charge in [0.15, 0.2) is 0 Å². The Labute approximate surface area is 136 Å². The van der Waals surface area contributed by atoms with E-state index in [-0.39, 0.29) is 0 Å². The van der Waals surface area contributed by atoms with Crippen LogP contribution in [0, 0.1) is 0 Å². The van der Waals surface area contributed by atoms with Crippen LogP contribution in [0.3, 0.4) is 0 Å². The first kappa shape index (κ1) is 15.3. The number of anilines is 1. The molecular formula is C17H26BrN3. The van der Waals surface area contributed by atoms with E-state index in [1.54, 1.807) is 0 Å². The predicted molar refractivity (Wildman–Crippen MR) is 92.9 cm³/mol. The fraction of sp³-hybridized carbons (Fsp3) is 0.647. The SMILES string of the molecule is NCCc1ccc(N2CCC(N3CCCCC3)C2)cc1Br. The molecule has 3 rings (SSSR count). The van der Waals surface area contributed by atoms with Crippen molar-refractivity contribution in [1.29, 1.82) is 0 Å². The number of likely N-dealkylation sites (tertiary alicyclic amines) is 1. The molecule has 2 saturated heterocycles. The summed E-state index contributed by atoms with van der Waals surface area (Å²) >= 11 is 3.69. The Morgan fingerprint density at radius 1 is 1.14 bits per heavy atom. The molecule has 2 N–H and O–H groups in total. The van der Waals surface area contributed by atoms with E-state index < -0.39 is 0 Å². The lowest BCUT2D eigenvalue weighted by molar-refractivity contribution is 0.175. The first-order valence-electron chi connectivity index (χ1n) is 8.25. The molecule has 0 amide bonds. The van der Waals surface area contributed by atoms with Gasteiger partial charge in [-0.2, -0.15) is 0 Å². The van der Waals surface area contributed by atoms with Gasteiger partial charge in [-0.3, -0.25) is 4.90 Å². The van der Waals surface area contributed by atoms with Crippen LogP contribution in [0.5, 0.6) is 0 Å². The summed E-state index contributed by atoms with van der Waals surface area (Å²) in [4.78, 5) is 5.25. The minimum absolute atomic E-state index is 0.707. The summed E-state index contributed by atoms with van der Waals surface area (Å²) in [5.41, 5.74) is 8.32. The monoisotopic (exact) mass is 351 g/mol. The van der Waals surface area contributed by atoms with Crippen molar-refractivity contribution >= 4 is 21.6 Å². The molecule has 2 aliphatic rings. The minimum atomic E-state index is 0.707. The summed E-state index contributed by atoms with van der Waals surface area (Å²) in [6, 6.07) is 7.51. The molecule has 1 aromatic carbocycles. The molecule has 2 fully saturated rings. The third-order valence-electron chi connectivity index (χ3n) is 4.89. The lowest BCUT2D eigenvalue weighted by Crippen LogP contribution is -2.40. The average molecular weight is 352 g/mol. The molecular weight excluding hydrogens is 326 g/mol. The largest absolute Gasteiger partial charge is 0.370 e. The number of benzene rings is 1. The molecule has 4 heteroatoms. The predicted octanol–water partition coefficient (Wildman–Crippen LogP) is 3.01. The summed E-state index contributed by atoms with van der Waals surface area (Å²) < 4.78 is 1.20. The topological polar surface area (TPSA) is 32.5 Å². The maximum atomic E-state index is 5.65. The Balaban J connectivity index is 1.64. The van der Waals surface area contributed by atoms with Gasteiger partial charge >= 0.3 is 0 Å². The van der Waals surface area contributed by atoms with Crippen LogP contribution in [0.1, 0.15) is 31.2 Å². The van der Waals surface area contributed by atoms with Crippen LogP contribution in [-0.4, -0.2) is 43.7 Å². The Morgan fingerprint density at radius 2 is 1.95 bits per heavy atom. The van der Waals surface area contributed by atoms with Crippen molar-refractivity contribution in [3.63, 3.8) is 0 Å². The molecule has 0 aromatic heterocycles. The second-order valence-electron chi connectivity index (χ2n) is 6.30. The highest BCUT2D eigenvalue weighted by atomic mass is 79.9. The van der Waals surface area contributed by atoms with E-state index in [0.717, 1.165) is 12.5 Å². The molecule has 0 aliphatic carbocycles. The summed E-state index contributed by atoms with van der Waals surface area (Å²) in [6.45, 7) is 5.68. The molecule has 1 atom stereocenters. The number of piperidine rings is 1. The molecule has 1 aromatic rings. The number of nitrogens with two attached hydrogens (primary N) is 1. The van der Waals surface area contributed by atoms with Crippen molar-refractivity contribution in [2.24, 2.45) is 5.73 Å². The number of hydrogen-bond donors (Lipinski definition) is 1. The first-order valence-corrected chi connectivity index (χ1v) is 9.05. The zero-order chi connectivity index (χ0) is 14.7. The van der Waals surface area contributed by atoms with Crippen LogP contribution in [-0.2, 0) is 6.42 Å². The fourth-order valence-corrected chi connectivity index (χ4v) is 4.21. The third kappa shape index (κ3) is 3.61. The van der Waals surface area contributed by atoms with Gasteiger partial charge in [0.2, 0.25) is 0 Å². The maximum Gasteiger partial charge on any atom is 0.0378 e. The van der Waals surface area contributed by atoms with E-state index in [0.29, 0.717) is 6.54 Å². The third-order valence-corrected chi connectivity index (χ3v) is 5.62. The van der Waals surface area contributed by atoms with E-state index in [1.165, 1.54) is 67.6 Å². The van der Waals surface area contributed by atoms with Crippen molar-refractivity contribution in [2.75, 3.05) is 37.6 Å². The van der Waals surface area contributed by atoms with Gasteiger partial charge < -0.3 is 10.6 Å². The van der Waals surface area contributed by atoms with Crippen LogP contribution in [0.4, 0.5) is 5.69 Å². The molecule has 21 heavy (non-hydrogen) atoms. The Bertz CT molecular complexity index is 471. The summed E-state index contributed by atoms with van der Waals surface area (Å²) in [6.07, 6.45) is 6.44. The highest BCUT2D eigenvalue weighted by Crippen LogP contribution is 2.29.